The molecule has 2 aromatic rings. The molecule has 0 atom stereocenters. The van der Waals surface area contributed by atoms with E-state index >= 15 is 0 Å². The quantitative estimate of drug-likeness (QED) is 0.566. The highest BCUT2D eigenvalue weighted by Crippen LogP contribution is 2.20. The summed E-state index contributed by atoms with van der Waals surface area (Å²) in [6, 6.07) is 5.53. The molecule has 3 rings (SSSR count). The molecule has 0 bridgehead atoms. The maximum absolute atomic E-state index is 12.5. The molecule has 1 aliphatic rings. The van der Waals surface area contributed by atoms with Crippen molar-refractivity contribution < 1.29 is 4.79 Å². The summed E-state index contributed by atoms with van der Waals surface area (Å²) in [6.45, 7) is 2.95. The third kappa shape index (κ3) is 3.91. The Bertz CT molecular complexity index is 962. The second-order valence-corrected chi connectivity index (χ2v) is 6.97. The summed E-state index contributed by atoms with van der Waals surface area (Å²) >= 11 is 1.29. The molecule has 0 radical (unpaired) electrons. The van der Waals surface area contributed by atoms with Crippen LogP contribution in [0.4, 0.5) is 0 Å². The van der Waals surface area contributed by atoms with Gasteiger partial charge in [0.05, 0.1) is 11.1 Å². The molecule has 1 saturated heterocycles. The van der Waals surface area contributed by atoms with Gasteiger partial charge in [-0.3, -0.25) is 14.5 Å². The molecule has 0 spiro atoms. The Morgan fingerprint density at radius 3 is 2.88 bits per heavy atom. The van der Waals surface area contributed by atoms with Crippen LogP contribution in [0.3, 0.4) is 0 Å². The maximum Gasteiger partial charge on any atom is 0.277 e. The van der Waals surface area contributed by atoms with Crippen LogP contribution in [0.1, 0.15) is 24.8 Å². The SMILES string of the molecule is Cc1ccc2nnn(CCCCCN3C(=O)CSC3=NC#N)c(=O)c2c1. The van der Waals surface area contributed by atoms with Crippen LogP contribution in [-0.4, -0.2) is 43.3 Å². The third-order valence-electron chi connectivity index (χ3n) is 4.13. The Labute approximate surface area is 154 Å². The summed E-state index contributed by atoms with van der Waals surface area (Å²) < 4.78 is 1.39. The number of rotatable bonds is 6. The summed E-state index contributed by atoms with van der Waals surface area (Å²) in [6.07, 6.45) is 4.08. The monoisotopic (exact) mass is 370 g/mol. The minimum Gasteiger partial charge on any atom is -0.290 e. The molecule has 0 unspecified atom stereocenters. The first-order valence-corrected chi connectivity index (χ1v) is 9.33. The molecule has 0 N–H and O–H groups in total. The van der Waals surface area contributed by atoms with Crippen molar-refractivity contribution in [3.05, 3.63) is 34.1 Å². The van der Waals surface area contributed by atoms with E-state index in [1.165, 1.54) is 16.4 Å². The first-order chi connectivity index (χ1) is 12.6. The Hall–Kier alpha value is -2.73. The van der Waals surface area contributed by atoms with E-state index < -0.39 is 0 Å². The second kappa shape index (κ2) is 8.10. The fraction of sp³-hybridized carbons (Fsp3) is 0.412. The van der Waals surface area contributed by atoms with Gasteiger partial charge in [0, 0.05) is 13.1 Å². The van der Waals surface area contributed by atoms with Crippen LogP contribution in [0.15, 0.2) is 28.0 Å². The van der Waals surface area contributed by atoms with E-state index in [1.54, 1.807) is 17.2 Å². The number of unbranched alkanes of at least 4 members (excludes halogenated alkanes) is 2. The number of aromatic nitrogens is 3. The lowest BCUT2D eigenvalue weighted by Gasteiger charge is -2.14. The number of aliphatic imine (C=N–C) groups is 1. The first-order valence-electron chi connectivity index (χ1n) is 8.34. The number of amides is 1. The number of benzene rings is 1. The summed E-state index contributed by atoms with van der Waals surface area (Å²) in [5.74, 6) is 0.318. The average molecular weight is 370 g/mol. The van der Waals surface area contributed by atoms with Gasteiger partial charge in [0.25, 0.3) is 5.56 Å². The van der Waals surface area contributed by atoms with E-state index in [1.807, 2.05) is 19.1 Å². The van der Waals surface area contributed by atoms with Gasteiger partial charge in [-0.15, -0.1) is 10.1 Å². The minimum absolute atomic E-state index is 0.0176. The zero-order chi connectivity index (χ0) is 18.5. The van der Waals surface area contributed by atoms with Crippen LogP contribution in [0.2, 0.25) is 0 Å². The van der Waals surface area contributed by atoms with Gasteiger partial charge in [0.2, 0.25) is 12.1 Å². The molecule has 0 aliphatic carbocycles. The molecule has 8 nitrogen and oxygen atoms in total. The fourth-order valence-electron chi connectivity index (χ4n) is 2.79. The Morgan fingerprint density at radius 2 is 2.08 bits per heavy atom. The smallest absolute Gasteiger partial charge is 0.277 e. The van der Waals surface area contributed by atoms with E-state index in [0.29, 0.717) is 34.9 Å². The zero-order valence-electron chi connectivity index (χ0n) is 14.4. The third-order valence-corrected chi connectivity index (χ3v) is 5.09. The molecular weight excluding hydrogens is 352 g/mol. The standard InChI is InChI=1S/C17H18N6O2S/c1-12-5-6-14-13(9-12)16(25)23(21-20-14)8-4-2-3-7-22-15(24)10-26-17(22)19-11-18/h5-6,9H,2-4,7-8,10H2,1H3. The molecule has 0 saturated carbocycles. The number of fused-ring (bicyclic) bond motifs is 1. The Balaban J connectivity index is 1.54. The first kappa shape index (κ1) is 18.1. The van der Waals surface area contributed by atoms with Gasteiger partial charge in [-0.25, -0.2) is 4.68 Å². The molecule has 1 aromatic heterocycles. The normalized spacial score (nSPS) is 15.8. The van der Waals surface area contributed by atoms with Crippen molar-refractivity contribution in [1.82, 2.24) is 19.9 Å². The van der Waals surface area contributed by atoms with Crippen LogP contribution < -0.4 is 5.56 Å². The summed E-state index contributed by atoms with van der Waals surface area (Å²) in [7, 11) is 0. The van der Waals surface area contributed by atoms with Crippen molar-refractivity contribution in [2.75, 3.05) is 12.3 Å². The van der Waals surface area contributed by atoms with Gasteiger partial charge in [-0.2, -0.15) is 5.26 Å². The van der Waals surface area contributed by atoms with Crippen LogP contribution in [0.25, 0.3) is 10.9 Å². The average Bonchev–Trinajstić information content (AvgIpc) is 2.97. The van der Waals surface area contributed by atoms with E-state index in [2.05, 4.69) is 15.3 Å². The minimum atomic E-state index is -0.131. The number of carbonyl (C=O) groups excluding carboxylic acids is 1. The van der Waals surface area contributed by atoms with Gasteiger partial charge < -0.3 is 0 Å². The predicted molar refractivity (Wildman–Crippen MR) is 99.6 cm³/mol. The van der Waals surface area contributed by atoms with Crippen molar-refractivity contribution in [2.45, 2.75) is 32.7 Å². The van der Waals surface area contributed by atoms with Gasteiger partial charge in [0.1, 0.15) is 5.52 Å². The molecule has 1 aliphatic heterocycles. The zero-order valence-corrected chi connectivity index (χ0v) is 15.2. The van der Waals surface area contributed by atoms with Crippen LogP contribution in [-0.2, 0) is 11.3 Å². The molecule has 1 amide bonds. The lowest BCUT2D eigenvalue weighted by atomic mass is 10.2. The van der Waals surface area contributed by atoms with Crippen LogP contribution >= 0.6 is 11.8 Å². The second-order valence-electron chi connectivity index (χ2n) is 6.03. The van der Waals surface area contributed by atoms with Gasteiger partial charge >= 0.3 is 0 Å². The molecule has 26 heavy (non-hydrogen) atoms. The highest BCUT2D eigenvalue weighted by Gasteiger charge is 2.27. The van der Waals surface area contributed by atoms with E-state index in [9.17, 15) is 9.59 Å². The van der Waals surface area contributed by atoms with Gasteiger partial charge in [0.15, 0.2) is 5.17 Å². The van der Waals surface area contributed by atoms with Gasteiger partial charge in [-0.05, 0) is 38.3 Å². The number of thioether (sulfide) groups is 1. The van der Waals surface area contributed by atoms with Crippen LogP contribution in [0.5, 0.6) is 0 Å². The Kier molecular flexibility index (Phi) is 5.63. The lowest BCUT2D eigenvalue weighted by Crippen LogP contribution is -2.30. The molecular formula is C17H18N6O2S. The number of hydrogen-bond donors (Lipinski definition) is 0. The number of aryl methyl sites for hydroxylation is 2. The number of amidine groups is 1. The predicted octanol–water partition coefficient (Wildman–Crippen LogP) is 1.68. The van der Waals surface area contributed by atoms with Crippen molar-refractivity contribution >= 4 is 33.7 Å². The summed E-state index contributed by atoms with van der Waals surface area (Å²) in [4.78, 5) is 29.5. The molecule has 134 valence electrons. The molecule has 2 heterocycles. The van der Waals surface area contributed by atoms with Crippen LogP contribution in [0, 0.1) is 18.4 Å². The summed E-state index contributed by atoms with van der Waals surface area (Å²) in [5, 5.41) is 17.8. The molecule has 1 aromatic carbocycles. The van der Waals surface area contributed by atoms with E-state index in [-0.39, 0.29) is 11.5 Å². The lowest BCUT2D eigenvalue weighted by molar-refractivity contribution is -0.124. The number of nitrogens with zero attached hydrogens (tertiary/aromatic N) is 6. The summed E-state index contributed by atoms with van der Waals surface area (Å²) in [5.41, 5.74) is 1.48. The van der Waals surface area contributed by atoms with Crippen molar-refractivity contribution in [3.8, 4) is 6.19 Å². The highest BCUT2D eigenvalue weighted by atomic mass is 32.2. The van der Waals surface area contributed by atoms with E-state index in [0.717, 1.165) is 24.8 Å². The van der Waals surface area contributed by atoms with Crippen molar-refractivity contribution in [3.63, 3.8) is 0 Å². The topological polar surface area (TPSA) is 104 Å². The fourth-order valence-corrected chi connectivity index (χ4v) is 3.65. The Morgan fingerprint density at radius 1 is 1.27 bits per heavy atom. The van der Waals surface area contributed by atoms with Crippen molar-refractivity contribution in [1.29, 1.82) is 5.26 Å². The molecule has 1 fully saturated rings. The largest absolute Gasteiger partial charge is 0.290 e. The van der Waals surface area contributed by atoms with Gasteiger partial charge in [-0.1, -0.05) is 28.6 Å². The van der Waals surface area contributed by atoms with Crippen molar-refractivity contribution in [2.24, 2.45) is 4.99 Å². The number of hydrogen-bond acceptors (Lipinski definition) is 7. The highest BCUT2D eigenvalue weighted by molar-refractivity contribution is 8.15. The number of nitriles is 1. The maximum atomic E-state index is 12.5. The molecule has 9 heteroatoms. The number of carbonyl (C=O) groups is 1. The van der Waals surface area contributed by atoms with E-state index in [4.69, 9.17) is 5.26 Å².